The summed E-state index contributed by atoms with van der Waals surface area (Å²) in [4.78, 5) is 4.03. The molecule has 114 valence electrons. The molecular weight excluding hydrogens is 314 g/mol. The molecule has 0 aromatic carbocycles. The Morgan fingerprint density at radius 3 is 3.00 bits per heavy atom. The summed E-state index contributed by atoms with van der Waals surface area (Å²) >= 11 is 5.96. The maximum absolute atomic E-state index is 12.3. The summed E-state index contributed by atoms with van der Waals surface area (Å²) in [7, 11) is -3.72. The molecule has 8 heteroatoms. The molecule has 1 aliphatic carbocycles. The van der Waals surface area contributed by atoms with Gasteiger partial charge in [-0.15, -0.1) is 0 Å². The zero-order valence-electron chi connectivity index (χ0n) is 11.3. The summed E-state index contributed by atoms with van der Waals surface area (Å²) < 4.78 is 34.0. The molecule has 0 bridgehead atoms. The molecule has 2 aromatic rings. The Hall–Kier alpha value is -1.15. The first-order chi connectivity index (χ1) is 10.1. The normalized spacial score (nSPS) is 15.7. The lowest BCUT2D eigenvalue weighted by Gasteiger charge is -2.07. The Labute approximate surface area is 128 Å². The average Bonchev–Trinajstić information content (AvgIpc) is 3.18. The summed E-state index contributed by atoms with van der Waals surface area (Å²) in [5.74, 6) is 0.662. The maximum atomic E-state index is 12.3. The van der Waals surface area contributed by atoms with Crippen LogP contribution in [0.15, 0.2) is 29.4 Å². The first-order valence-corrected chi connectivity index (χ1v) is 8.64. The van der Waals surface area contributed by atoms with Crippen molar-refractivity contribution in [3.05, 3.63) is 29.5 Å². The third kappa shape index (κ3) is 3.37. The maximum Gasteiger partial charge on any atom is 0.259 e. The first kappa shape index (κ1) is 14.8. The van der Waals surface area contributed by atoms with Gasteiger partial charge in [0.15, 0.2) is 10.2 Å². The molecule has 2 heterocycles. The number of halogens is 1. The molecule has 0 saturated heterocycles. The molecule has 1 saturated carbocycles. The van der Waals surface area contributed by atoms with Crippen LogP contribution < -0.4 is 4.72 Å². The van der Waals surface area contributed by atoms with Gasteiger partial charge in [0, 0.05) is 19.3 Å². The van der Waals surface area contributed by atoms with Crippen molar-refractivity contribution in [1.29, 1.82) is 0 Å². The third-order valence-electron chi connectivity index (χ3n) is 3.29. The molecular formula is C13H16ClN3O3S. The van der Waals surface area contributed by atoms with Gasteiger partial charge in [0.25, 0.3) is 10.0 Å². The van der Waals surface area contributed by atoms with E-state index in [1.807, 2.05) is 0 Å². The largest absolute Gasteiger partial charge is 0.380 e. The minimum Gasteiger partial charge on any atom is -0.380 e. The van der Waals surface area contributed by atoms with E-state index >= 15 is 0 Å². The molecule has 21 heavy (non-hydrogen) atoms. The Bertz CT molecular complexity index is 740. The molecule has 0 aliphatic heterocycles. The summed E-state index contributed by atoms with van der Waals surface area (Å²) in [6.45, 7) is 1.27. The Morgan fingerprint density at radius 1 is 1.43 bits per heavy atom. The minimum atomic E-state index is -3.72. The predicted octanol–water partition coefficient (Wildman–Crippen LogP) is 1.69. The quantitative estimate of drug-likeness (QED) is 0.785. The second-order valence-corrected chi connectivity index (χ2v) is 7.09. The lowest BCUT2D eigenvalue weighted by molar-refractivity contribution is 0.129. The van der Waals surface area contributed by atoms with Gasteiger partial charge in [0.1, 0.15) is 5.65 Å². The van der Waals surface area contributed by atoms with E-state index in [4.69, 9.17) is 16.3 Å². The average molecular weight is 330 g/mol. The third-order valence-corrected chi connectivity index (χ3v) is 5.15. The first-order valence-electron chi connectivity index (χ1n) is 6.78. The number of hydrogen-bond donors (Lipinski definition) is 1. The number of fused-ring (bicyclic) bond motifs is 1. The van der Waals surface area contributed by atoms with Crippen LogP contribution in [-0.4, -0.2) is 37.6 Å². The summed E-state index contributed by atoms with van der Waals surface area (Å²) in [5.41, 5.74) is 0.493. The molecule has 0 unspecified atom stereocenters. The highest BCUT2D eigenvalue weighted by Gasteiger charge is 2.24. The van der Waals surface area contributed by atoms with Gasteiger partial charge in [-0.05, 0) is 30.9 Å². The van der Waals surface area contributed by atoms with Gasteiger partial charge in [-0.2, -0.15) is 0 Å². The number of ether oxygens (including phenoxy) is 1. The number of nitrogens with zero attached hydrogens (tertiary/aromatic N) is 2. The standard InChI is InChI=1S/C13H16ClN3O3S/c14-12-13(17-7-2-1-3-11(17)16-12)21(18,19)15-6-8-20-9-10-4-5-10/h1-3,7,10,15H,4-6,8-9H2. The SMILES string of the molecule is O=S(=O)(NCCOCC1CC1)c1c(Cl)nc2ccccn12. The molecule has 3 rings (SSSR count). The second-order valence-electron chi connectivity index (χ2n) is 5.05. The van der Waals surface area contributed by atoms with Crippen LogP contribution in [0.1, 0.15) is 12.8 Å². The number of aromatic nitrogens is 2. The van der Waals surface area contributed by atoms with E-state index in [1.54, 1.807) is 24.4 Å². The van der Waals surface area contributed by atoms with Crippen LogP contribution in [0.5, 0.6) is 0 Å². The highest BCUT2D eigenvalue weighted by molar-refractivity contribution is 7.89. The highest BCUT2D eigenvalue weighted by Crippen LogP contribution is 2.28. The molecule has 1 fully saturated rings. The van der Waals surface area contributed by atoms with E-state index in [0.717, 1.165) is 0 Å². The Balaban J connectivity index is 1.68. The number of pyridine rings is 1. The van der Waals surface area contributed by atoms with E-state index in [9.17, 15) is 8.42 Å². The van der Waals surface area contributed by atoms with Crippen molar-refractivity contribution in [1.82, 2.24) is 14.1 Å². The molecule has 2 aromatic heterocycles. The van der Waals surface area contributed by atoms with Crippen molar-refractivity contribution >= 4 is 27.3 Å². The Kier molecular flexibility index (Phi) is 4.17. The van der Waals surface area contributed by atoms with Crippen molar-refractivity contribution in [2.45, 2.75) is 17.9 Å². The van der Waals surface area contributed by atoms with E-state index in [-0.39, 0.29) is 16.7 Å². The smallest absolute Gasteiger partial charge is 0.259 e. The van der Waals surface area contributed by atoms with E-state index in [2.05, 4.69) is 9.71 Å². The molecule has 0 radical (unpaired) electrons. The zero-order chi connectivity index (χ0) is 14.9. The number of sulfonamides is 1. The molecule has 6 nitrogen and oxygen atoms in total. The van der Waals surface area contributed by atoms with Crippen molar-refractivity contribution in [2.24, 2.45) is 5.92 Å². The molecule has 1 aliphatic rings. The van der Waals surface area contributed by atoms with Crippen molar-refractivity contribution < 1.29 is 13.2 Å². The highest BCUT2D eigenvalue weighted by atomic mass is 35.5. The fourth-order valence-corrected chi connectivity index (χ4v) is 3.69. The summed E-state index contributed by atoms with van der Waals surface area (Å²) in [6, 6.07) is 5.20. The van der Waals surface area contributed by atoms with Gasteiger partial charge in [-0.3, -0.25) is 4.40 Å². The van der Waals surface area contributed by atoms with Gasteiger partial charge < -0.3 is 4.74 Å². The van der Waals surface area contributed by atoms with Crippen LogP contribution in [0.2, 0.25) is 5.15 Å². The van der Waals surface area contributed by atoms with Crippen molar-refractivity contribution in [2.75, 3.05) is 19.8 Å². The molecule has 0 atom stereocenters. The summed E-state index contributed by atoms with van der Waals surface area (Å²) in [5, 5.41) is -0.0745. The molecule has 0 spiro atoms. The lowest BCUT2D eigenvalue weighted by atomic mass is 10.5. The van der Waals surface area contributed by atoms with E-state index < -0.39 is 10.0 Å². The van der Waals surface area contributed by atoms with E-state index in [1.165, 1.54) is 17.2 Å². The van der Waals surface area contributed by atoms with Gasteiger partial charge in [-0.1, -0.05) is 17.7 Å². The number of rotatable bonds is 7. The summed E-state index contributed by atoms with van der Waals surface area (Å²) in [6.07, 6.45) is 4.04. The number of nitrogens with one attached hydrogen (secondary N) is 1. The van der Waals surface area contributed by atoms with E-state index in [0.29, 0.717) is 24.8 Å². The van der Waals surface area contributed by atoms with Crippen molar-refractivity contribution in [3.63, 3.8) is 0 Å². The van der Waals surface area contributed by atoms with Gasteiger partial charge in [-0.25, -0.2) is 18.1 Å². The minimum absolute atomic E-state index is 0.0346. The van der Waals surface area contributed by atoms with Gasteiger partial charge in [0.05, 0.1) is 6.61 Å². The Morgan fingerprint density at radius 2 is 2.24 bits per heavy atom. The fraction of sp³-hybridized carbons (Fsp3) is 0.462. The molecule has 1 N–H and O–H groups in total. The second kappa shape index (κ2) is 5.92. The lowest BCUT2D eigenvalue weighted by Crippen LogP contribution is -2.28. The van der Waals surface area contributed by atoms with Crippen LogP contribution in [0.4, 0.5) is 0 Å². The van der Waals surface area contributed by atoms with Gasteiger partial charge in [0.2, 0.25) is 0 Å². The number of hydrogen-bond acceptors (Lipinski definition) is 4. The van der Waals surface area contributed by atoms with Gasteiger partial charge >= 0.3 is 0 Å². The number of imidazole rings is 1. The monoisotopic (exact) mass is 329 g/mol. The van der Waals surface area contributed by atoms with Crippen LogP contribution in [0.3, 0.4) is 0 Å². The fourth-order valence-electron chi connectivity index (χ4n) is 2.04. The van der Waals surface area contributed by atoms with Crippen LogP contribution >= 0.6 is 11.6 Å². The van der Waals surface area contributed by atoms with Crippen LogP contribution in [0, 0.1) is 5.92 Å². The predicted molar refractivity (Wildman–Crippen MR) is 78.9 cm³/mol. The zero-order valence-corrected chi connectivity index (χ0v) is 12.9. The van der Waals surface area contributed by atoms with Crippen LogP contribution in [-0.2, 0) is 14.8 Å². The molecule has 0 amide bonds. The van der Waals surface area contributed by atoms with Crippen LogP contribution in [0.25, 0.3) is 5.65 Å². The van der Waals surface area contributed by atoms with Crippen molar-refractivity contribution in [3.8, 4) is 0 Å². The topological polar surface area (TPSA) is 72.7 Å².